The first-order valence-corrected chi connectivity index (χ1v) is 8.30. The number of hydrogen-bond donors (Lipinski definition) is 2. The van der Waals surface area contributed by atoms with E-state index in [1.165, 1.54) is 12.1 Å². The van der Waals surface area contributed by atoms with Crippen LogP contribution >= 0.6 is 23.2 Å². The Morgan fingerprint density at radius 2 is 1.92 bits per heavy atom. The molecule has 0 radical (unpaired) electrons. The van der Waals surface area contributed by atoms with Gasteiger partial charge in [-0.15, -0.1) is 0 Å². The number of anilines is 1. The van der Waals surface area contributed by atoms with Crippen LogP contribution in [0.25, 0.3) is 0 Å². The molecule has 2 aromatic rings. The summed E-state index contributed by atoms with van der Waals surface area (Å²) >= 11 is 11.7. The molecule has 2 N–H and O–H groups in total. The highest BCUT2D eigenvalue weighted by Gasteiger charge is 2.14. The predicted molar refractivity (Wildman–Crippen MR) is 97.2 cm³/mol. The third-order valence-electron chi connectivity index (χ3n) is 3.60. The maximum atomic E-state index is 13.6. The minimum absolute atomic E-state index is 0.0295. The van der Waals surface area contributed by atoms with Crippen LogP contribution in [0.2, 0.25) is 10.0 Å². The average molecular weight is 380 g/mol. The molecule has 0 saturated carbocycles. The van der Waals surface area contributed by atoms with Crippen molar-refractivity contribution in [1.82, 2.24) is 5.32 Å². The van der Waals surface area contributed by atoms with Gasteiger partial charge in [0.25, 0.3) is 0 Å². The minimum atomic E-state index is -0.559. The molecule has 0 unspecified atom stereocenters. The standard InChI is InChI=1S/C18H16Cl2FN3O/c1-11(14-8-17(21)16(20)9-15(14)19)23-10-18(25)24-13-4-2-12(3-5-13)6-7-22/h2-5,8-9,11,23H,6,10H2,1H3,(H,24,25)/t11-/m1/s1. The summed E-state index contributed by atoms with van der Waals surface area (Å²) in [5, 5.41) is 14.7. The number of nitriles is 1. The highest BCUT2D eigenvalue weighted by Crippen LogP contribution is 2.28. The fourth-order valence-electron chi connectivity index (χ4n) is 2.23. The molecule has 0 heterocycles. The largest absolute Gasteiger partial charge is 0.325 e. The lowest BCUT2D eigenvalue weighted by atomic mass is 10.1. The van der Waals surface area contributed by atoms with Crippen molar-refractivity contribution in [3.63, 3.8) is 0 Å². The van der Waals surface area contributed by atoms with Gasteiger partial charge in [-0.1, -0.05) is 35.3 Å². The molecule has 4 nitrogen and oxygen atoms in total. The smallest absolute Gasteiger partial charge is 0.238 e. The Kier molecular flexibility index (Phi) is 6.77. The lowest BCUT2D eigenvalue weighted by Gasteiger charge is -2.16. The SMILES string of the molecule is C[C@@H](NCC(=O)Nc1ccc(CC#N)cc1)c1cc(F)c(Cl)cc1Cl. The van der Waals surface area contributed by atoms with E-state index in [2.05, 4.69) is 16.7 Å². The summed E-state index contributed by atoms with van der Waals surface area (Å²) in [6.07, 6.45) is 0.325. The molecular weight excluding hydrogens is 364 g/mol. The van der Waals surface area contributed by atoms with Crippen molar-refractivity contribution in [2.45, 2.75) is 19.4 Å². The number of carbonyl (C=O) groups excluding carboxylic acids is 1. The molecule has 25 heavy (non-hydrogen) atoms. The van der Waals surface area contributed by atoms with E-state index in [0.717, 1.165) is 5.56 Å². The second-order valence-electron chi connectivity index (χ2n) is 5.47. The van der Waals surface area contributed by atoms with Gasteiger partial charge in [0.05, 0.1) is 24.1 Å². The number of halogens is 3. The number of hydrogen-bond acceptors (Lipinski definition) is 3. The van der Waals surface area contributed by atoms with Gasteiger partial charge in [0.15, 0.2) is 0 Å². The molecule has 0 spiro atoms. The maximum Gasteiger partial charge on any atom is 0.238 e. The van der Waals surface area contributed by atoms with E-state index >= 15 is 0 Å². The van der Waals surface area contributed by atoms with Crippen LogP contribution in [0.4, 0.5) is 10.1 Å². The summed E-state index contributed by atoms with van der Waals surface area (Å²) in [7, 11) is 0. The fraction of sp³-hybridized carbons (Fsp3) is 0.222. The molecule has 2 rings (SSSR count). The predicted octanol–water partition coefficient (Wildman–Crippen LogP) is 4.49. The lowest BCUT2D eigenvalue weighted by molar-refractivity contribution is -0.115. The van der Waals surface area contributed by atoms with Crippen molar-refractivity contribution in [3.05, 3.63) is 63.4 Å². The van der Waals surface area contributed by atoms with Crippen molar-refractivity contribution < 1.29 is 9.18 Å². The van der Waals surface area contributed by atoms with E-state index in [1.54, 1.807) is 31.2 Å². The second-order valence-corrected chi connectivity index (χ2v) is 6.28. The molecule has 0 aliphatic heterocycles. The zero-order valence-corrected chi connectivity index (χ0v) is 15.0. The third-order valence-corrected chi connectivity index (χ3v) is 4.21. The number of nitrogens with zero attached hydrogens (tertiary/aromatic N) is 1. The van der Waals surface area contributed by atoms with Crippen molar-refractivity contribution in [1.29, 1.82) is 5.26 Å². The van der Waals surface area contributed by atoms with E-state index in [-0.39, 0.29) is 23.5 Å². The van der Waals surface area contributed by atoms with Gasteiger partial charge < -0.3 is 10.6 Å². The molecule has 7 heteroatoms. The normalized spacial score (nSPS) is 11.6. The zero-order valence-electron chi connectivity index (χ0n) is 13.4. The Morgan fingerprint density at radius 1 is 1.24 bits per heavy atom. The van der Waals surface area contributed by atoms with Gasteiger partial charge in [-0.05, 0) is 42.3 Å². The highest BCUT2D eigenvalue weighted by molar-refractivity contribution is 6.35. The van der Waals surface area contributed by atoms with Crippen molar-refractivity contribution in [2.24, 2.45) is 0 Å². The van der Waals surface area contributed by atoms with Crippen molar-refractivity contribution in [3.8, 4) is 6.07 Å². The Balaban J connectivity index is 1.91. The first-order valence-electron chi connectivity index (χ1n) is 7.54. The van der Waals surface area contributed by atoms with Crippen LogP contribution in [0.1, 0.15) is 24.1 Å². The van der Waals surface area contributed by atoms with Crippen LogP contribution < -0.4 is 10.6 Å². The summed E-state index contributed by atoms with van der Waals surface area (Å²) < 4.78 is 13.6. The summed E-state index contributed by atoms with van der Waals surface area (Å²) in [5.74, 6) is -0.804. The van der Waals surface area contributed by atoms with E-state index < -0.39 is 5.82 Å². The Morgan fingerprint density at radius 3 is 2.56 bits per heavy atom. The number of amides is 1. The van der Waals surface area contributed by atoms with Gasteiger partial charge in [-0.2, -0.15) is 5.26 Å². The fourth-order valence-corrected chi connectivity index (χ4v) is 2.77. The van der Waals surface area contributed by atoms with Crippen LogP contribution in [0, 0.1) is 17.1 Å². The summed E-state index contributed by atoms with van der Waals surface area (Å²) in [4.78, 5) is 12.0. The summed E-state index contributed by atoms with van der Waals surface area (Å²) in [6.45, 7) is 1.81. The molecule has 0 aromatic heterocycles. The number of carbonyl (C=O) groups is 1. The topological polar surface area (TPSA) is 64.9 Å². The van der Waals surface area contributed by atoms with Crippen LogP contribution in [0.3, 0.4) is 0 Å². The molecule has 0 aliphatic carbocycles. The van der Waals surface area contributed by atoms with Gasteiger partial charge in [0.2, 0.25) is 5.91 Å². The van der Waals surface area contributed by atoms with Gasteiger partial charge >= 0.3 is 0 Å². The van der Waals surface area contributed by atoms with Gasteiger partial charge in [0.1, 0.15) is 5.82 Å². The van der Waals surface area contributed by atoms with E-state index in [4.69, 9.17) is 28.5 Å². The first kappa shape index (κ1) is 19.2. The maximum absolute atomic E-state index is 13.6. The first-order chi connectivity index (χ1) is 11.9. The number of nitrogens with one attached hydrogen (secondary N) is 2. The molecule has 0 saturated heterocycles. The Hall–Kier alpha value is -2.13. The number of benzene rings is 2. The van der Waals surface area contributed by atoms with Crippen LogP contribution in [-0.2, 0) is 11.2 Å². The monoisotopic (exact) mass is 379 g/mol. The minimum Gasteiger partial charge on any atom is -0.325 e. The third kappa shape index (κ3) is 5.43. The average Bonchev–Trinajstić information content (AvgIpc) is 2.58. The quantitative estimate of drug-likeness (QED) is 0.726. The Bertz CT molecular complexity index is 803. The summed E-state index contributed by atoms with van der Waals surface area (Å²) in [6, 6.07) is 11.4. The van der Waals surface area contributed by atoms with E-state index in [0.29, 0.717) is 22.7 Å². The number of rotatable bonds is 6. The van der Waals surface area contributed by atoms with Gasteiger partial charge in [-0.25, -0.2) is 4.39 Å². The van der Waals surface area contributed by atoms with E-state index in [1.807, 2.05) is 0 Å². The lowest BCUT2D eigenvalue weighted by Crippen LogP contribution is -2.30. The molecule has 0 bridgehead atoms. The van der Waals surface area contributed by atoms with Crippen molar-refractivity contribution >= 4 is 34.8 Å². The molecule has 1 atom stereocenters. The molecule has 0 fully saturated rings. The van der Waals surface area contributed by atoms with Crippen LogP contribution in [-0.4, -0.2) is 12.5 Å². The zero-order chi connectivity index (χ0) is 18.4. The molecule has 1 amide bonds. The van der Waals surface area contributed by atoms with Crippen molar-refractivity contribution in [2.75, 3.05) is 11.9 Å². The van der Waals surface area contributed by atoms with Gasteiger partial charge in [-0.3, -0.25) is 4.79 Å². The molecule has 2 aromatic carbocycles. The molecule has 130 valence electrons. The van der Waals surface area contributed by atoms with E-state index in [9.17, 15) is 9.18 Å². The highest BCUT2D eigenvalue weighted by atomic mass is 35.5. The van der Waals surface area contributed by atoms with Crippen LogP contribution in [0.15, 0.2) is 36.4 Å². The summed E-state index contributed by atoms with van der Waals surface area (Å²) in [5.41, 5.74) is 2.04. The Labute approximate surface area is 155 Å². The van der Waals surface area contributed by atoms with Gasteiger partial charge in [0, 0.05) is 16.8 Å². The van der Waals surface area contributed by atoms with Crippen LogP contribution in [0.5, 0.6) is 0 Å². The molecule has 0 aliphatic rings. The molecular formula is C18H16Cl2FN3O. The second kappa shape index (κ2) is 8.82.